The summed E-state index contributed by atoms with van der Waals surface area (Å²) < 4.78 is 19.8. The number of nitrogens with zero attached hydrogens (tertiary/aromatic N) is 3. The molecule has 0 aliphatic rings. The summed E-state index contributed by atoms with van der Waals surface area (Å²) >= 11 is 1.53. The summed E-state index contributed by atoms with van der Waals surface area (Å²) in [6.45, 7) is 2.54. The Hall–Kier alpha value is -3.26. The summed E-state index contributed by atoms with van der Waals surface area (Å²) in [6.07, 6.45) is 2.47. The van der Waals surface area contributed by atoms with E-state index in [0.717, 1.165) is 39.8 Å². The predicted octanol–water partition coefficient (Wildman–Crippen LogP) is 4.56. The first-order chi connectivity index (χ1) is 14.1. The van der Waals surface area contributed by atoms with Crippen molar-refractivity contribution in [1.82, 2.24) is 14.4 Å². The Balaban J connectivity index is 1.59. The molecular formula is C21H19FN4O2S. The van der Waals surface area contributed by atoms with Gasteiger partial charge in [-0.15, -0.1) is 11.3 Å². The quantitative estimate of drug-likeness (QED) is 0.472. The van der Waals surface area contributed by atoms with E-state index in [1.54, 1.807) is 30.5 Å². The zero-order chi connectivity index (χ0) is 20.4. The molecule has 0 fully saturated rings. The van der Waals surface area contributed by atoms with Gasteiger partial charge in [0.25, 0.3) is 0 Å². The summed E-state index contributed by atoms with van der Waals surface area (Å²) in [5.41, 5.74) is 3.80. The number of thiazole rings is 1. The van der Waals surface area contributed by atoms with E-state index in [1.165, 1.54) is 30.6 Å². The molecule has 8 heteroatoms. The number of hydrogen-bond acceptors (Lipinski definition) is 6. The van der Waals surface area contributed by atoms with Crippen LogP contribution in [-0.4, -0.2) is 27.4 Å². The number of rotatable bonds is 6. The fourth-order valence-corrected chi connectivity index (χ4v) is 3.81. The summed E-state index contributed by atoms with van der Waals surface area (Å²) in [5, 5.41) is 6.24. The van der Waals surface area contributed by atoms with Crippen LogP contribution < -0.4 is 5.32 Å². The number of aromatic nitrogens is 3. The molecule has 0 spiro atoms. The van der Waals surface area contributed by atoms with Crippen LogP contribution in [0.5, 0.6) is 0 Å². The second-order valence-corrected chi connectivity index (χ2v) is 7.33. The van der Waals surface area contributed by atoms with E-state index in [-0.39, 0.29) is 5.82 Å². The number of esters is 1. The number of anilines is 1. The standard InChI is InChI=1S/C21H19FN4O2S/c1-3-16-20(26-11-14(21(27)28-2)6-9-18(26)24-16)23-10-19-25-17(12-29-19)13-4-7-15(22)8-5-13/h4-9,11-12,23H,3,10H2,1-2H3. The van der Waals surface area contributed by atoms with Crippen LogP contribution in [0, 0.1) is 5.82 Å². The molecule has 1 aromatic carbocycles. The summed E-state index contributed by atoms with van der Waals surface area (Å²) in [4.78, 5) is 21.1. The molecule has 1 N–H and O–H groups in total. The molecule has 29 heavy (non-hydrogen) atoms. The highest BCUT2D eigenvalue weighted by Crippen LogP contribution is 2.24. The van der Waals surface area contributed by atoms with Crippen LogP contribution in [0.15, 0.2) is 48.0 Å². The van der Waals surface area contributed by atoms with Gasteiger partial charge in [0, 0.05) is 17.1 Å². The van der Waals surface area contributed by atoms with Crippen LogP contribution >= 0.6 is 11.3 Å². The number of fused-ring (bicyclic) bond motifs is 1. The maximum atomic E-state index is 13.1. The molecule has 3 heterocycles. The second-order valence-electron chi connectivity index (χ2n) is 6.39. The third-order valence-corrected chi connectivity index (χ3v) is 5.39. The third-order valence-electron chi connectivity index (χ3n) is 4.55. The lowest BCUT2D eigenvalue weighted by molar-refractivity contribution is 0.0600. The third kappa shape index (κ3) is 3.84. The Kier molecular flexibility index (Phi) is 5.26. The SMILES string of the molecule is CCc1nc2ccc(C(=O)OC)cn2c1NCc1nc(-c2ccc(F)cc2)cs1. The molecule has 0 saturated heterocycles. The zero-order valence-corrected chi connectivity index (χ0v) is 16.8. The van der Waals surface area contributed by atoms with Crippen molar-refractivity contribution in [2.45, 2.75) is 19.9 Å². The van der Waals surface area contributed by atoms with Crippen molar-refractivity contribution in [1.29, 1.82) is 0 Å². The van der Waals surface area contributed by atoms with Gasteiger partial charge in [0.2, 0.25) is 0 Å². The highest BCUT2D eigenvalue weighted by Gasteiger charge is 2.14. The molecule has 4 aromatic rings. The van der Waals surface area contributed by atoms with Crippen LogP contribution in [0.3, 0.4) is 0 Å². The van der Waals surface area contributed by atoms with Crippen LogP contribution in [0.4, 0.5) is 10.2 Å². The van der Waals surface area contributed by atoms with Crippen molar-refractivity contribution in [3.8, 4) is 11.3 Å². The molecule has 0 aliphatic heterocycles. The molecule has 0 aliphatic carbocycles. The van der Waals surface area contributed by atoms with Gasteiger partial charge in [-0.2, -0.15) is 0 Å². The van der Waals surface area contributed by atoms with Crippen LogP contribution in [-0.2, 0) is 17.7 Å². The number of ether oxygens (including phenoxy) is 1. The molecule has 4 rings (SSSR count). The second kappa shape index (κ2) is 8.00. The van der Waals surface area contributed by atoms with E-state index < -0.39 is 5.97 Å². The molecule has 148 valence electrons. The van der Waals surface area contributed by atoms with E-state index in [2.05, 4.69) is 15.3 Å². The maximum absolute atomic E-state index is 13.1. The Labute approximate surface area is 171 Å². The van der Waals surface area contributed by atoms with E-state index in [9.17, 15) is 9.18 Å². The van der Waals surface area contributed by atoms with E-state index in [1.807, 2.05) is 16.7 Å². The molecule has 6 nitrogen and oxygen atoms in total. The van der Waals surface area contributed by atoms with E-state index in [4.69, 9.17) is 4.74 Å². The number of hydrogen-bond donors (Lipinski definition) is 1. The van der Waals surface area contributed by atoms with Crippen LogP contribution in [0.1, 0.15) is 28.0 Å². The first-order valence-corrected chi connectivity index (χ1v) is 10.0. The fraction of sp³-hybridized carbons (Fsp3) is 0.190. The van der Waals surface area contributed by atoms with Gasteiger partial charge in [0.05, 0.1) is 30.6 Å². The minimum Gasteiger partial charge on any atom is -0.465 e. The van der Waals surface area contributed by atoms with Crippen molar-refractivity contribution in [2.24, 2.45) is 0 Å². The van der Waals surface area contributed by atoms with E-state index >= 15 is 0 Å². The lowest BCUT2D eigenvalue weighted by Gasteiger charge is -2.07. The minimum absolute atomic E-state index is 0.267. The number of pyridine rings is 1. The van der Waals surface area contributed by atoms with Crippen molar-refractivity contribution in [3.05, 3.63) is 70.1 Å². The first-order valence-electron chi connectivity index (χ1n) is 9.12. The highest BCUT2D eigenvalue weighted by atomic mass is 32.1. The van der Waals surface area contributed by atoms with Gasteiger partial charge >= 0.3 is 5.97 Å². The van der Waals surface area contributed by atoms with Crippen LogP contribution in [0.2, 0.25) is 0 Å². The Bertz CT molecular complexity index is 1170. The average molecular weight is 410 g/mol. The number of aryl methyl sites for hydroxylation is 1. The van der Waals surface area contributed by atoms with Gasteiger partial charge in [0.15, 0.2) is 0 Å². The minimum atomic E-state index is -0.395. The predicted molar refractivity (Wildman–Crippen MR) is 111 cm³/mol. The lowest BCUT2D eigenvalue weighted by Crippen LogP contribution is -2.06. The van der Waals surface area contributed by atoms with Crippen molar-refractivity contribution < 1.29 is 13.9 Å². The number of methoxy groups -OCH3 is 1. The lowest BCUT2D eigenvalue weighted by atomic mass is 10.2. The summed E-state index contributed by atoms with van der Waals surface area (Å²) in [5.74, 6) is 0.164. The number of halogens is 1. The smallest absolute Gasteiger partial charge is 0.339 e. The van der Waals surface area contributed by atoms with Gasteiger partial charge in [0.1, 0.15) is 22.3 Å². The largest absolute Gasteiger partial charge is 0.465 e. The van der Waals surface area contributed by atoms with Gasteiger partial charge in [-0.3, -0.25) is 4.40 Å². The maximum Gasteiger partial charge on any atom is 0.339 e. The fourth-order valence-electron chi connectivity index (χ4n) is 3.07. The topological polar surface area (TPSA) is 68.5 Å². The monoisotopic (exact) mass is 410 g/mol. The van der Waals surface area contributed by atoms with Gasteiger partial charge < -0.3 is 10.1 Å². The normalized spacial score (nSPS) is 11.0. The van der Waals surface area contributed by atoms with Crippen molar-refractivity contribution in [3.63, 3.8) is 0 Å². The van der Waals surface area contributed by atoms with E-state index in [0.29, 0.717) is 12.1 Å². The average Bonchev–Trinajstić information content (AvgIpc) is 3.36. The first kappa shape index (κ1) is 19.1. The Morgan fingerprint density at radius 3 is 2.72 bits per heavy atom. The zero-order valence-electron chi connectivity index (χ0n) is 16.0. The molecule has 3 aromatic heterocycles. The van der Waals surface area contributed by atoms with Gasteiger partial charge in [-0.05, 0) is 42.8 Å². The molecule has 0 radical (unpaired) electrons. The molecule has 0 saturated carbocycles. The van der Waals surface area contributed by atoms with Gasteiger partial charge in [-0.1, -0.05) is 6.92 Å². The molecule has 0 bridgehead atoms. The Morgan fingerprint density at radius 1 is 1.21 bits per heavy atom. The summed E-state index contributed by atoms with van der Waals surface area (Å²) in [6, 6.07) is 9.79. The summed E-state index contributed by atoms with van der Waals surface area (Å²) in [7, 11) is 1.36. The molecular weight excluding hydrogens is 391 g/mol. The van der Waals surface area contributed by atoms with Crippen molar-refractivity contribution in [2.75, 3.05) is 12.4 Å². The number of carbonyl (C=O) groups excluding carboxylic acids is 1. The molecule has 0 amide bonds. The number of imidazole rings is 1. The number of carbonyl (C=O) groups is 1. The Morgan fingerprint density at radius 2 is 2.00 bits per heavy atom. The van der Waals surface area contributed by atoms with Gasteiger partial charge in [-0.25, -0.2) is 19.2 Å². The number of nitrogens with one attached hydrogen (secondary N) is 1. The van der Waals surface area contributed by atoms with Crippen molar-refractivity contribution >= 4 is 28.8 Å². The van der Waals surface area contributed by atoms with Crippen LogP contribution in [0.25, 0.3) is 16.9 Å². The molecule has 0 atom stereocenters. The highest BCUT2D eigenvalue weighted by molar-refractivity contribution is 7.09. The molecule has 0 unspecified atom stereocenters. The number of benzene rings is 1.